The van der Waals surface area contributed by atoms with Gasteiger partial charge in [-0.3, -0.25) is 0 Å². The Morgan fingerprint density at radius 1 is 1.08 bits per heavy atom. The number of carbonyl (C=O) groups is 3. The van der Waals surface area contributed by atoms with Crippen LogP contribution in [0.1, 0.15) is 70.4 Å². The van der Waals surface area contributed by atoms with Crippen LogP contribution in [0.4, 0.5) is 18.4 Å². The predicted molar refractivity (Wildman–Crippen MR) is 134 cm³/mol. The largest absolute Gasteiger partial charge is 0.489 e. The minimum absolute atomic E-state index is 0.0455. The highest BCUT2D eigenvalue weighted by atomic mass is 19.3. The van der Waals surface area contributed by atoms with Gasteiger partial charge in [0, 0.05) is 12.2 Å². The number of allylic oxidation sites excluding steroid dienone is 1. The number of hydrogen-bond acceptors (Lipinski definition) is 6. The molecule has 9 nitrogen and oxygen atoms in total. The van der Waals surface area contributed by atoms with Gasteiger partial charge in [-0.15, -0.1) is 0 Å². The molecule has 1 aromatic rings. The molecule has 0 spiro atoms. The number of hydrogen-bond donors (Lipinski definition) is 2. The molecule has 2 fully saturated rings. The second-order valence-corrected chi connectivity index (χ2v) is 10.0. The van der Waals surface area contributed by atoms with Crippen molar-refractivity contribution in [2.75, 3.05) is 19.8 Å². The number of carbonyl (C=O) groups excluding carboxylic acids is 3. The van der Waals surface area contributed by atoms with Crippen LogP contribution in [-0.4, -0.2) is 49.3 Å². The van der Waals surface area contributed by atoms with Gasteiger partial charge in [0.25, 0.3) is 0 Å². The fourth-order valence-corrected chi connectivity index (χ4v) is 4.88. The van der Waals surface area contributed by atoms with Crippen LogP contribution in [0.5, 0.6) is 11.5 Å². The van der Waals surface area contributed by atoms with E-state index in [2.05, 4.69) is 15.4 Å². The normalized spacial score (nSPS) is 20.3. The average Bonchev–Trinajstić information content (AvgIpc) is 3.71. The molecule has 11 heteroatoms. The maximum absolute atomic E-state index is 13.4. The predicted octanol–water partition coefficient (Wildman–Crippen LogP) is 5.27. The van der Waals surface area contributed by atoms with Crippen LogP contribution >= 0.6 is 0 Å². The molecule has 1 unspecified atom stereocenters. The first-order chi connectivity index (χ1) is 18.3. The number of urea groups is 2. The highest BCUT2D eigenvalue weighted by Gasteiger charge is 2.42. The summed E-state index contributed by atoms with van der Waals surface area (Å²) in [7, 11) is 0. The summed E-state index contributed by atoms with van der Waals surface area (Å²) >= 11 is 0. The maximum atomic E-state index is 13.4. The lowest BCUT2D eigenvalue weighted by atomic mass is 9.90. The summed E-state index contributed by atoms with van der Waals surface area (Å²) in [5.74, 6) is -0.183. The van der Waals surface area contributed by atoms with E-state index in [1.165, 1.54) is 24.6 Å². The van der Waals surface area contributed by atoms with Gasteiger partial charge in [-0.05, 0) is 69.1 Å². The number of esters is 1. The van der Waals surface area contributed by atoms with E-state index in [1.54, 1.807) is 13.8 Å². The van der Waals surface area contributed by atoms with E-state index < -0.39 is 30.7 Å². The Morgan fingerprint density at radius 3 is 2.45 bits per heavy atom. The topological polar surface area (TPSA) is 106 Å². The van der Waals surface area contributed by atoms with Gasteiger partial charge in [-0.25, -0.2) is 19.3 Å². The Bertz CT molecular complexity index is 1070. The van der Waals surface area contributed by atoms with E-state index in [0.29, 0.717) is 18.1 Å². The summed E-state index contributed by atoms with van der Waals surface area (Å²) in [5, 5.41) is 5.19. The molecular weight excluding hydrogens is 500 g/mol. The molecule has 1 aromatic carbocycles. The van der Waals surface area contributed by atoms with Crippen molar-refractivity contribution in [1.29, 1.82) is 0 Å². The molecular formula is C27H35F2N3O6. The van der Waals surface area contributed by atoms with Crippen molar-refractivity contribution in [3.63, 3.8) is 0 Å². The average molecular weight is 536 g/mol. The lowest BCUT2D eigenvalue weighted by Crippen LogP contribution is -2.54. The highest BCUT2D eigenvalue weighted by Crippen LogP contribution is 2.40. The van der Waals surface area contributed by atoms with Crippen molar-refractivity contribution >= 4 is 18.0 Å². The lowest BCUT2D eigenvalue weighted by Gasteiger charge is -2.36. The van der Waals surface area contributed by atoms with Crippen LogP contribution in [0.2, 0.25) is 0 Å². The van der Waals surface area contributed by atoms with Gasteiger partial charge in [0.1, 0.15) is 6.04 Å². The van der Waals surface area contributed by atoms with Crippen LogP contribution in [0.15, 0.2) is 29.5 Å². The molecule has 0 aromatic heterocycles. The van der Waals surface area contributed by atoms with Gasteiger partial charge in [0.05, 0.1) is 18.8 Å². The van der Waals surface area contributed by atoms with Gasteiger partial charge in [0.2, 0.25) is 0 Å². The summed E-state index contributed by atoms with van der Waals surface area (Å²) in [6, 6.07) is 1.57. The Kier molecular flexibility index (Phi) is 9.06. The number of ether oxygens (including phenoxy) is 3. The molecule has 1 atom stereocenters. The van der Waals surface area contributed by atoms with Crippen molar-refractivity contribution in [1.82, 2.24) is 15.5 Å². The third-order valence-corrected chi connectivity index (χ3v) is 7.06. The van der Waals surface area contributed by atoms with Crippen LogP contribution in [0.25, 0.3) is 0 Å². The van der Waals surface area contributed by atoms with Gasteiger partial charge in [0.15, 0.2) is 11.5 Å². The van der Waals surface area contributed by atoms with Crippen LogP contribution in [0, 0.1) is 11.8 Å². The molecule has 4 rings (SSSR count). The van der Waals surface area contributed by atoms with E-state index in [0.717, 1.165) is 43.4 Å². The Balaban J connectivity index is 1.69. The molecule has 2 saturated carbocycles. The second-order valence-electron chi connectivity index (χ2n) is 10.0. The number of nitrogens with zero attached hydrogens (tertiary/aromatic N) is 1. The van der Waals surface area contributed by atoms with Gasteiger partial charge in [-0.1, -0.05) is 25.3 Å². The van der Waals surface area contributed by atoms with Crippen molar-refractivity contribution < 1.29 is 37.4 Å². The number of amides is 4. The zero-order chi connectivity index (χ0) is 27.2. The Morgan fingerprint density at radius 2 is 1.79 bits per heavy atom. The number of nitrogens with one attached hydrogen (secondary N) is 2. The van der Waals surface area contributed by atoms with Crippen molar-refractivity contribution in [3.05, 3.63) is 35.0 Å². The van der Waals surface area contributed by atoms with E-state index in [-0.39, 0.29) is 41.8 Å². The van der Waals surface area contributed by atoms with E-state index >= 15 is 0 Å². The fraction of sp³-hybridized carbons (Fsp3) is 0.593. The van der Waals surface area contributed by atoms with Crippen LogP contribution in [0.3, 0.4) is 0 Å². The number of alkyl halides is 2. The summed E-state index contributed by atoms with van der Waals surface area (Å²) in [5.41, 5.74) is 0.660. The van der Waals surface area contributed by atoms with E-state index in [1.807, 2.05) is 0 Å². The SMILES string of the molecule is CCNC(=O)N1C(=O)NC(C)=C(C(=O)OCC2CCCCC2)C1c1ccc(OC(F)F)c(OCC2CC2)c1. The Hall–Kier alpha value is -3.37. The first kappa shape index (κ1) is 27.7. The summed E-state index contributed by atoms with van der Waals surface area (Å²) in [6.45, 7) is 1.01. The molecule has 1 aliphatic heterocycles. The van der Waals surface area contributed by atoms with Crippen molar-refractivity contribution in [2.24, 2.45) is 11.8 Å². The molecule has 208 valence electrons. The molecule has 4 amide bonds. The summed E-state index contributed by atoms with van der Waals surface area (Å²) in [6.07, 6.45) is 7.26. The third kappa shape index (κ3) is 6.73. The fourth-order valence-electron chi connectivity index (χ4n) is 4.88. The standard InChI is InChI=1S/C27H35F2N3O6/c1-3-30-26(34)32-23(19-11-12-20(38-25(28)29)21(13-19)36-14-18-9-10-18)22(16(2)31-27(32)35)24(33)37-15-17-7-5-4-6-8-17/h11-13,17-18,23,25H,3-10,14-15H2,1-2H3,(H,30,34)(H,31,35). The van der Waals surface area contributed by atoms with Crippen molar-refractivity contribution in [3.8, 4) is 11.5 Å². The smallest absolute Gasteiger partial charge is 0.387 e. The summed E-state index contributed by atoms with van der Waals surface area (Å²) in [4.78, 5) is 40.4. The maximum Gasteiger partial charge on any atom is 0.387 e. The molecule has 2 aliphatic carbocycles. The highest BCUT2D eigenvalue weighted by molar-refractivity contribution is 6.01. The minimum Gasteiger partial charge on any atom is -0.489 e. The minimum atomic E-state index is -3.07. The molecule has 38 heavy (non-hydrogen) atoms. The van der Waals surface area contributed by atoms with E-state index in [9.17, 15) is 23.2 Å². The number of rotatable bonds is 10. The van der Waals surface area contributed by atoms with Crippen LogP contribution < -0.4 is 20.1 Å². The first-order valence-electron chi connectivity index (χ1n) is 13.3. The van der Waals surface area contributed by atoms with E-state index in [4.69, 9.17) is 9.47 Å². The number of imide groups is 1. The summed E-state index contributed by atoms with van der Waals surface area (Å²) < 4.78 is 42.3. The second kappa shape index (κ2) is 12.4. The lowest BCUT2D eigenvalue weighted by molar-refractivity contribution is -0.141. The zero-order valence-electron chi connectivity index (χ0n) is 21.8. The molecule has 0 bridgehead atoms. The number of halogens is 2. The molecule has 2 N–H and O–H groups in total. The van der Waals surface area contributed by atoms with Crippen molar-refractivity contribution in [2.45, 2.75) is 71.4 Å². The Labute approximate surface area is 220 Å². The first-order valence-corrected chi connectivity index (χ1v) is 13.3. The molecule has 1 heterocycles. The molecule has 3 aliphatic rings. The molecule has 0 radical (unpaired) electrons. The quantitative estimate of drug-likeness (QED) is 0.396. The van der Waals surface area contributed by atoms with Gasteiger partial charge in [-0.2, -0.15) is 8.78 Å². The molecule has 0 saturated heterocycles. The van der Waals surface area contributed by atoms with Gasteiger partial charge >= 0.3 is 24.6 Å². The number of benzene rings is 1. The van der Waals surface area contributed by atoms with Gasteiger partial charge < -0.3 is 24.8 Å². The zero-order valence-corrected chi connectivity index (χ0v) is 21.8. The van der Waals surface area contributed by atoms with Crippen LogP contribution in [-0.2, 0) is 9.53 Å². The third-order valence-electron chi connectivity index (χ3n) is 7.06. The monoisotopic (exact) mass is 535 g/mol.